The fourth-order valence-electron chi connectivity index (χ4n) is 3.57. The molecule has 2 N–H and O–H groups in total. The van der Waals surface area contributed by atoms with Gasteiger partial charge in [-0.3, -0.25) is 0 Å². The van der Waals surface area contributed by atoms with E-state index >= 15 is 0 Å². The Morgan fingerprint density at radius 1 is 0.943 bits per heavy atom. The largest absolute Gasteiger partial charge is 0.456 e. The summed E-state index contributed by atoms with van der Waals surface area (Å²) >= 11 is 0. The van der Waals surface area contributed by atoms with Gasteiger partial charge in [-0.25, -0.2) is 20.4 Å². The van der Waals surface area contributed by atoms with Crippen molar-refractivity contribution >= 4 is 28.9 Å². The molecule has 35 heavy (non-hydrogen) atoms. The number of carbonyl (C=O) groups is 2. The standard InChI is InChI=1S/C27H28N4O4/c1-27(2,3)35-26(33)31(28)24-15-14-22-21(29-24)16-23(30(22)17-19-10-6-4-7-11-19)25(32)34-18-20-12-8-5-9-13-20/h4-16H,17-18,28H2,1-3H3. The van der Waals surface area contributed by atoms with Crippen molar-refractivity contribution in [2.45, 2.75) is 39.5 Å². The highest BCUT2D eigenvalue weighted by Gasteiger charge is 2.24. The highest BCUT2D eigenvalue weighted by atomic mass is 16.6. The monoisotopic (exact) mass is 472 g/mol. The van der Waals surface area contributed by atoms with Crippen LogP contribution in [0.3, 0.4) is 0 Å². The number of benzene rings is 2. The second kappa shape index (κ2) is 9.99. The first kappa shape index (κ1) is 24.0. The van der Waals surface area contributed by atoms with Crippen LogP contribution in [0, 0.1) is 0 Å². The smallest absolute Gasteiger partial charge is 0.430 e. The molecule has 8 heteroatoms. The molecule has 4 aromatic rings. The topological polar surface area (TPSA) is 99.7 Å². The molecular formula is C27H28N4O4. The van der Waals surface area contributed by atoms with Gasteiger partial charge in [0.05, 0.1) is 11.0 Å². The minimum atomic E-state index is -0.726. The first-order valence-corrected chi connectivity index (χ1v) is 11.2. The molecule has 0 bridgehead atoms. The Bertz CT molecular complexity index is 1330. The summed E-state index contributed by atoms with van der Waals surface area (Å²) in [5.74, 6) is 5.71. The summed E-state index contributed by atoms with van der Waals surface area (Å²) < 4.78 is 12.8. The predicted molar refractivity (Wildman–Crippen MR) is 134 cm³/mol. The first-order valence-electron chi connectivity index (χ1n) is 11.2. The fourth-order valence-corrected chi connectivity index (χ4v) is 3.57. The summed E-state index contributed by atoms with van der Waals surface area (Å²) in [7, 11) is 0. The van der Waals surface area contributed by atoms with E-state index < -0.39 is 17.7 Å². The SMILES string of the molecule is CC(C)(C)OC(=O)N(N)c1ccc2c(cc(C(=O)OCc3ccccc3)n2Cc2ccccc2)n1. The lowest BCUT2D eigenvalue weighted by molar-refractivity contribution is 0.0460. The number of ether oxygens (including phenoxy) is 2. The van der Waals surface area contributed by atoms with Crippen LogP contribution in [0.4, 0.5) is 10.6 Å². The molecule has 2 heterocycles. The molecule has 0 fully saturated rings. The molecule has 0 saturated heterocycles. The molecule has 180 valence electrons. The van der Waals surface area contributed by atoms with E-state index in [0.717, 1.165) is 16.1 Å². The Labute approximate surface area is 203 Å². The van der Waals surface area contributed by atoms with Crippen LogP contribution in [0.25, 0.3) is 11.0 Å². The number of nitrogens with zero attached hydrogens (tertiary/aromatic N) is 3. The highest BCUT2D eigenvalue weighted by molar-refractivity contribution is 5.95. The molecule has 0 saturated carbocycles. The third-order valence-corrected chi connectivity index (χ3v) is 5.19. The van der Waals surface area contributed by atoms with E-state index in [1.54, 1.807) is 39.0 Å². The Kier molecular flexibility index (Phi) is 6.84. The van der Waals surface area contributed by atoms with Crippen molar-refractivity contribution in [1.82, 2.24) is 9.55 Å². The maximum absolute atomic E-state index is 13.1. The van der Waals surface area contributed by atoms with Gasteiger partial charge < -0.3 is 14.0 Å². The molecule has 8 nitrogen and oxygen atoms in total. The third kappa shape index (κ3) is 5.85. The number of anilines is 1. The van der Waals surface area contributed by atoms with Crippen molar-refractivity contribution in [3.63, 3.8) is 0 Å². The third-order valence-electron chi connectivity index (χ3n) is 5.19. The Hall–Kier alpha value is -4.17. The minimum Gasteiger partial charge on any atom is -0.456 e. The molecular weight excluding hydrogens is 444 g/mol. The van der Waals surface area contributed by atoms with Crippen molar-refractivity contribution in [2.75, 3.05) is 5.01 Å². The number of aromatic nitrogens is 2. The van der Waals surface area contributed by atoms with Crippen LogP contribution in [0.5, 0.6) is 0 Å². The molecule has 0 unspecified atom stereocenters. The van der Waals surface area contributed by atoms with Crippen molar-refractivity contribution in [3.8, 4) is 0 Å². The number of pyridine rings is 1. The van der Waals surface area contributed by atoms with Gasteiger partial charge in [0.2, 0.25) is 0 Å². The van der Waals surface area contributed by atoms with E-state index in [0.29, 0.717) is 23.3 Å². The zero-order valence-corrected chi connectivity index (χ0v) is 20.0. The Morgan fingerprint density at radius 2 is 1.57 bits per heavy atom. The van der Waals surface area contributed by atoms with Gasteiger partial charge in [0, 0.05) is 6.54 Å². The normalized spacial score (nSPS) is 11.3. The molecule has 0 atom stereocenters. The number of amides is 1. The number of rotatable bonds is 6. The lowest BCUT2D eigenvalue weighted by atomic mass is 10.2. The lowest BCUT2D eigenvalue weighted by Gasteiger charge is -2.23. The van der Waals surface area contributed by atoms with Crippen LogP contribution in [-0.4, -0.2) is 27.2 Å². The van der Waals surface area contributed by atoms with E-state index in [1.807, 2.05) is 65.2 Å². The number of carbonyl (C=O) groups excluding carboxylic acids is 2. The predicted octanol–water partition coefficient (Wildman–Crippen LogP) is 5.06. The van der Waals surface area contributed by atoms with Crippen molar-refractivity contribution in [2.24, 2.45) is 5.84 Å². The first-order chi connectivity index (χ1) is 16.7. The average molecular weight is 473 g/mol. The quantitative estimate of drug-likeness (QED) is 0.182. The van der Waals surface area contributed by atoms with E-state index in [9.17, 15) is 9.59 Å². The van der Waals surface area contributed by atoms with Gasteiger partial charge in [0.1, 0.15) is 17.9 Å². The molecule has 0 aliphatic carbocycles. The van der Waals surface area contributed by atoms with Crippen molar-refractivity contribution in [3.05, 3.63) is 95.7 Å². The van der Waals surface area contributed by atoms with Crippen molar-refractivity contribution in [1.29, 1.82) is 0 Å². The van der Waals surface area contributed by atoms with Gasteiger partial charge in [-0.1, -0.05) is 60.7 Å². The number of hydrazine groups is 1. The number of fused-ring (bicyclic) bond motifs is 1. The van der Waals surface area contributed by atoms with E-state index in [1.165, 1.54) is 0 Å². The Morgan fingerprint density at radius 3 is 2.20 bits per heavy atom. The van der Waals surface area contributed by atoms with Crippen LogP contribution < -0.4 is 10.9 Å². The van der Waals surface area contributed by atoms with Gasteiger partial charge in [0.15, 0.2) is 5.82 Å². The van der Waals surface area contributed by atoms with Crippen LogP contribution in [-0.2, 0) is 22.6 Å². The van der Waals surface area contributed by atoms with Crippen LogP contribution in [0.15, 0.2) is 78.9 Å². The number of esters is 1. The summed E-state index contributed by atoms with van der Waals surface area (Å²) in [6.45, 7) is 5.87. The van der Waals surface area contributed by atoms with Gasteiger partial charge in [-0.05, 0) is 50.1 Å². The summed E-state index contributed by atoms with van der Waals surface area (Å²) in [5, 5.41) is 0.854. The maximum atomic E-state index is 13.1. The number of hydrogen-bond donors (Lipinski definition) is 1. The maximum Gasteiger partial charge on any atom is 0.430 e. The van der Waals surface area contributed by atoms with Gasteiger partial charge in [-0.2, -0.15) is 5.01 Å². The Balaban J connectivity index is 1.67. The van der Waals surface area contributed by atoms with E-state index in [2.05, 4.69) is 4.98 Å². The molecule has 4 rings (SSSR count). The molecule has 1 amide bonds. The van der Waals surface area contributed by atoms with Gasteiger partial charge in [0.25, 0.3) is 0 Å². The van der Waals surface area contributed by atoms with Crippen LogP contribution in [0.2, 0.25) is 0 Å². The summed E-state index contributed by atoms with van der Waals surface area (Å²) in [5.41, 5.74) is 2.77. The second-order valence-electron chi connectivity index (χ2n) is 9.09. The zero-order chi connectivity index (χ0) is 25.0. The van der Waals surface area contributed by atoms with Crippen LogP contribution >= 0.6 is 0 Å². The molecule has 0 spiro atoms. The van der Waals surface area contributed by atoms with Crippen LogP contribution in [0.1, 0.15) is 42.4 Å². The van der Waals surface area contributed by atoms with E-state index in [4.69, 9.17) is 15.3 Å². The summed E-state index contributed by atoms with van der Waals surface area (Å²) in [6.07, 6.45) is -0.726. The summed E-state index contributed by atoms with van der Waals surface area (Å²) in [6, 6.07) is 24.3. The highest BCUT2D eigenvalue weighted by Crippen LogP contribution is 2.24. The molecule has 2 aromatic carbocycles. The van der Waals surface area contributed by atoms with Gasteiger partial charge in [-0.15, -0.1) is 0 Å². The van der Waals surface area contributed by atoms with Gasteiger partial charge >= 0.3 is 12.1 Å². The molecule has 0 aliphatic rings. The second-order valence-corrected chi connectivity index (χ2v) is 9.09. The molecule has 0 radical (unpaired) electrons. The zero-order valence-electron chi connectivity index (χ0n) is 20.0. The number of nitrogens with two attached hydrogens (primary N) is 1. The fraction of sp³-hybridized carbons (Fsp3) is 0.222. The average Bonchev–Trinajstić information content (AvgIpc) is 3.20. The van der Waals surface area contributed by atoms with Crippen molar-refractivity contribution < 1.29 is 19.1 Å². The molecule has 2 aromatic heterocycles. The lowest BCUT2D eigenvalue weighted by Crippen LogP contribution is -2.42. The van der Waals surface area contributed by atoms with E-state index in [-0.39, 0.29) is 12.4 Å². The number of hydrogen-bond acceptors (Lipinski definition) is 6. The minimum absolute atomic E-state index is 0.153. The molecule has 0 aliphatic heterocycles. The summed E-state index contributed by atoms with van der Waals surface area (Å²) in [4.78, 5) is 30.0.